The zero-order valence-corrected chi connectivity index (χ0v) is 16.7. The number of halogens is 2. The minimum Gasteiger partial charge on any atom is -0.478 e. The lowest BCUT2D eigenvalue weighted by molar-refractivity contribution is 0.0942. The van der Waals surface area contributed by atoms with Gasteiger partial charge in [0.15, 0.2) is 0 Å². The van der Waals surface area contributed by atoms with E-state index >= 15 is 0 Å². The Morgan fingerprint density at radius 1 is 0.846 bits per heavy atom. The molecule has 6 heteroatoms. The van der Waals surface area contributed by atoms with Crippen molar-refractivity contribution in [3.05, 3.63) is 35.4 Å². The van der Waals surface area contributed by atoms with Gasteiger partial charge in [0.05, 0.1) is 0 Å². The van der Waals surface area contributed by atoms with Gasteiger partial charge in [0, 0.05) is 48.1 Å². The lowest BCUT2D eigenvalue weighted by Gasteiger charge is -2.34. The van der Waals surface area contributed by atoms with Crippen LogP contribution in [0.2, 0.25) is 0 Å². The average molecular weight is 395 g/mol. The van der Waals surface area contributed by atoms with Gasteiger partial charge in [-0.3, -0.25) is 9.80 Å². The number of hydrogen-bond donors (Lipinski definition) is 0. The van der Waals surface area contributed by atoms with Crippen LogP contribution in [0.5, 0.6) is 11.5 Å². The van der Waals surface area contributed by atoms with Crippen LogP contribution in [0.3, 0.4) is 0 Å². The van der Waals surface area contributed by atoms with Crippen molar-refractivity contribution in [3.63, 3.8) is 0 Å². The molecule has 0 saturated heterocycles. The van der Waals surface area contributed by atoms with Crippen LogP contribution in [-0.4, -0.2) is 47.1 Å². The Labute approximate surface area is 164 Å². The highest BCUT2D eigenvalue weighted by atomic mass is 35.5. The zero-order valence-electron chi connectivity index (χ0n) is 15.2. The van der Waals surface area contributed by atoms with Crippen LogP contribution in [0, 0.1) is 0 Å². The Hall–Kier alpha value is -1.20. The van der Waals surface area contributed by atoms with Crippen LogP contribution in [-0.2, 0) is 13.1 Å². The van der Waals surface area contributed by atoms with Gasteiger partial charge in [0.2, 0.25) is 0 Å². The molecule has 2 aliphatic heterocycles. The molecule has 2 heterocycles. The van der Waals surface area contributed by atoms with E-state index in [0.29, 0.717) is 13.5 Å². The first-order valence-electron chi connectivity index (χ1n) is 9.07. The van der Waals surface area contributed by atoms with Crippen LogP contribution in [0.4, 0.5) is 0 Å². The number of fused-ring (bicyclic) bond motifs is 5. The minimum atomic E-state index is 0.0908. The molecule has 0 unspecified atom stereocenters. The van der Waals surface area contributed by atoms with E-state index in [1.54, 1.807) is 0 Å². The third kappa shape index (κ3) is 3.61. The highest BCUT2D eigenvalue weighted by Crippen LogP contribution is 2.39. The first-order valence-corrected chi connectivity index (χ1v) is 9.94. The van der Waals surface area contributed by atoms with E-state index in [9.17, 15) is 0 Å². The van der Waals surface area contributed by atoms with Gasteiger partial charge in [-0.15, -0.1) is 23.2 Å². The van der Waals surface area contributed by atoms with Crippen LogP contribution in [0.15, 0.2) is 24.3 Å². The largest absolute Gasteiger partial charge is 0.478 e. The normalized spacial score (nSPS) is 20.0. The van der Waals surface area contributed by atoms with Gasteiger partial charge in [-0.05, 0) is 36.8 Å². The van der Waals surface area contributed by atoms with E-state index in [2.05, 4.69) is 34.1 Å². The third-order valence-electron chi connectivity index (χ3n) is 4.90. The summed E-state index contributed by atoms with van der Waals surface area (Å²) >= 11 is 12.4. The number of alkyl halides is 2. The quantitative estimate of drug-likeness (QED) is 0.717. The fraction of sp³-hybridized carbons (Fsp3) is 0.500. The molecular formula is C20H24Cl2N2O2. The zero-order chi connectivity index (χ0) is 18.3. The third-order valence-corrected chi connectivity index (χ3v) is 5.18. The lowest BCUT2D eigenvalue weighted by atomic mass is 9.95. The summed E-state index contributed by atoms with van der Waals surface area (Å²) in [7, 11) is 0. The van der Waals surface area contributed by atoms with Crippen LogP contribution >= 0.6 is 23.2 Å². The maximum absolute atomic E-state index is 6.20. The first kappa shape index (κ1) is 18.2. The Balaban J connectivity index is 1.76. The number of rotatable bonds is 4. The van der Waals surface area contributed by atoms with Crippen molar-refractivity contribution >= 4 is 34.0 Å². The Bertz CT molecular complexity index is 747. The molecule has 2 aromatic carbocycles. The van der Waals surface area contributed by atoms with Crippen molar-refractivity contribution < 1.29 is 9.47 Å². The van der Waals surface area contributed by atoms with E-state index < -0.39 is 0 Å². The summed E-state index contributed by atoms with van der Waals surface area (Å²) in [6.45, 7) is 8.48. The number of hydrogen-bond acceptors (Lipinski definition) is 4. The predicted molar refractivity (Wildman–Crippen MR) is 106 cm³/mol. The highest BCUT2D eigenvalue weighted by Gasteiger charge is 2.26. The van der Waals surface area contributed by atoms with Crippen LogP contribution in [0.25, 0.3) is 10.8 Å². The molecule has 0 saturated carbocycles. The molecule has 0 bridgehead atoms. The van der Waals surface area contributed by atoms with Gasteiger partial charge in [-0.2, -0.15) is 0 Å². The standard InChI is InChI=1S/C20H24Cl2N2O2/c1-13(21)7-23-9-16-18(25-11-23)5-3-15-4-6-19-17(20(15)16)10-24(12-26-19)8-14(2)22/h3-6,13-14H,7-12H2,1-2H3/t13-,14+. The van der Waals surface area contributed by atoms with Gasteiger partial charge in [0.25, 0.3) is 0 Å². The predicted octanol–water partition coefficient (Wildman–Crippen LogP) is 4.40. The summed E-state index contributed by atoms with van der Waals surface area (Å²) in [6, 6.07) is 8.43. The van der Waals surface area contributed by atoms with Crippen molar-refractivity contribution in [2.75, 3.05) is 26.6 Å². The SMILES string of the molecule is C[C@H](Cl)CN1COc2ccc3ccc4c(c3c2C1)CN(C[C@@H](C)Cl)CO4. The van der Waals surface area contributed by atoms with Gasteiger partial charge in [-0.25, -0.2) is 0 Å². The molecule has 0 spiro atoms. The second-order valence-corrected chi connectivity index (χ2v) is 8.80. The monoisotopic (exact) mass is 394 g/mol. The van der Waals surface area contributed by atoms with Crippen molar-refractivity contribution in [2.24, 2.45) is 0 Å². The van der Waals surface area contributed by atoms with Crippen molar-refractivity contribution in [1.29, 1.82) is 0 Å². The molecule has 0 N–H and O–H groups in total. The van der Waals surface area contributed by atoms with Gasteiger partial charge in [-0.1, -0.05) is 12.1 Å². The summed E-state index contributed by atoms with van der Waals surface area (Å²) in [6.07, 6.45) is 0. The summed E-state index contributed by atoms with van der Waals surface area (Å²) < 4.78 is 12.0. The summed E-state index contributed by atoms with van der Waals surface area (Å²) in [4.78, 5) is 4.50. The lowest BCUT2D eigenvalue weighted by Crippen LogP contribution is -2.37. The Kier molecular flexibility index (Phi) is 5.20. The molecule has 140 valence electrons. The van der Waals surface area contributed by atoms with E-state index in [1.165, 1.54) is 21.9 Å². The molecule has 4 nitrogen and oxygen atoms in total. The van der Waals surface area contributed by atoms with Crippen molar-refractivity contribution in [1.82, 2.24) is 9.80 Å². The van der Waals surface area contributed by atoms with Gasteiger partial charge < -0.3 is 9.47 Å². The fourth-order valence-electron chi connectivity index (χ4n) is 3.92. The molecule has 0 amide bonds. The average Bonchev–Trinajstić information content (AvgIpc) is 2.60. The Morgan fingerprint density at radius 3 is 1.73 bits per heavy atom. The van der Waals surface area contributed by atoms with E-state index in [1.807, 2.05) is 13.8 Å². The van der Waals surface area contributed by atoms with Gasteiger partial charge in [0.1, 0.15) is 25.0 Å². The molecule has 2 aliphatic rings. The summed E-state index contributed by atoms with van der Waals surface area (Å²) in [5.41, 5.74) is 2.46. The molecule has 4 rings (SSSR count). The molecule has 0 aliphatic carbocycles. The van der Waals surface area contributed by atoms with E-state index in [0.717, 1.165) is 37.7 Å². The topological polar surface area (TPSA) is 24.9 Å². The second kappa shape index (κ2) is 7.43. The van der Waals surface area contributed by atoms with Crippen molar-refractivity contribution in [3.8, 4) is 11.5 Å². The molecule has 26 heavy (non-hydrogen) atoms. The smallest absolute Gasteiger partial charge is 0.142 e. The van der Waals surface area contributed by atoms with Crippen molar-refractivity contribution in [2.45, 2.75) is 37.7 Å². The maximum Gasteiger partial charge on any atom is 0.142 e. The fourth-order valence-corrected chi connectivity index (χ4v) is 4.31. The molecular weight excluding hydrogens is 371 g/mol. The number of nitrogens with zero attached hydrogens (tertiary/aromatic N) is 2. The summed E-state index contributed by atoms with van der Waals surface area (Å²) in [5, 5.41) is 2.65. The maximum atomic E-state index is 6.20. The molecule has 2 atom stereocenters. The van der Waals surface area contributed by atoms with Gasteiger partial charge >= 0.3 is 0 Å². The number of ether oxygens (including phenoxy) is 2. The second-order valence-electron chi connectivity index (χ2n) is 7.31. The molecule has 2 aromatic rings. The molecule has 0 fully saturated rings. The van der Waals surface area contributed by atoms with Crippen LogP contribution < -0.4 is 9.47 Å². The van der Waals surface area contributed by atoms with Crippen LogP contribution in [0.1, 0.15) is 25.0 Å². The highest BCUT2D eigenvalue weighted by molar-refractivity contribution is 6.20. The molecule has 0 aromatic heterocycles. The molecule has 0 radical (unpaired) electrons. The first-order chi connectivity index (χ1) is 12.5. The van der Waals surface area contributed by atoms with E-state index in [-0.39, 0.29) is 10.8 Å². The number of benzene rings is 2. The van der Waals surface area contributed by atoms with E-state index in [4.69, 9.17) is 32.7 Å². The summed E-state index contributed by atoms with van der Waals surface area (Å²) in [5.74, 6) is 1.93. The Morgan fingerprint density at radius 2 is 1.31 bits per heavy atom. The minimum absolute atomic E-state index is 0.0908.